The van der Waals surface area contributed by atoms with Crippen molar-refractivity contribution in [3.05, 3.63) is 29.8 Å². The first-order valence-electron chi connectivity index (χ1n) is 7.88. The zero-order valence-corrected chi connectivity index (χ0v) is 13.0. The third-order valence-corrected chi connectivity index (χ3v) is 5.10. The molecular weight excluding hydrogens is 270 g/mol. The van der Waals surface area contributed by atoms with E-state index in [1.165, 1.54) is 18.9 Å². The Morgan fingerprint density at radius 1 is 1.29 bits per heavy atom. The van der Waals surface area contributed by atoms with Gasteiger partial charge in [0.05, 0.1) is 5.69 Å². The van der Waals surface area contributed by atoms with Crippen LogP contribution in [0.25, 0.3) is 0 Å². The molecule has 2 aliphatic rings. The van der Waals surface area contributed by atoms with Gasteiger partial charge in [-0.2, -0.15) is 0 Å². The molecule has 0 bridgehead atoms. The predicted molar refractivity (Wildman–Crippen MR) is 81.5 cm³/mol. The van der Waals surface area contributed by atoms with Crippen LogP contribution in [0.15, 0.2) is 18.2 Å². The van der Waals surface area contributed by atoms with Gasteiger partial charge in [0.25, 0.3) is 0 Å². The molecule has 1 N–H and O–H groups in total. The monoisotopic (exact) mass is 294 g/mol. The molecule has 1 aromatic carbocycles. The Morgan fingerprint density at radius 2 is 2.00 bits per heavy atom. The molecule has 2 atom stereocenters. The quantitative estimate of drug-likeness (QED) is 0.917. The molecule has 1 aromatic rings. The van der Waals surface area contributed by atoms with E-state index < -0.39 is 11.6 Å². The van der Waals surface area contributed by atoms with E-state index in [2.05, 4.69) is 31.0 Å². The number of anilines is 1. The van der Waals surface area contributed by atoms with Gasteiger partial charge in [0.15, 0.2) is 11.6 Å². The van der Waals surface area contributed by atoms with Crippen LogP contribution in [0.1, 0.15) is 33.6 Å². The van der Waals surface area contributed by atoms with E-state index in [0.717, 1.165) is 13.1 Å². The van der Waals surface area contributed by atoms with Crippen molar-refractivity contribution in [2.75, 3.05) is 18.0 Å². The fraction of sp³-hybridized carbons (Fsp3) is 0.647. The molecule has 1 aliphatic carbocycles. The van der Waals surface area contributed by atoms with Gasteiger partial charge in [-0.3, -0.25) is 0 Å². The lowest BCUT2D eigenvalue weighted by molar-refractivity contribution is 0.231. The van der Waals surface area contributed by atoms with Crippen LogP contribution in [0.3, 0.4) is 0 Å². The first-order valence-corrected chi connectivity index (χ1v) is 7.88. The van der Waals surface area contributed by atoms with Crippen LogP contribution in [-0.2, 0) is 0 Å². The summed E-state index contributed by atoms with van der Waals surface area (Å²) in [5.41, 5.74) is 0.409. The Hall–Kier alpha value is -1.16. The van der Waals surface area contributed by atoms with Crippen molar-refractivity contribution >= 4 is 5.69 Å². The van der Waals surface area contributed by atoms with Gasteiger partial charge in [-0.1, -0.05) is 19.9 Å². The van der Waals surface area contributed by atoms with Crippen molar-refractivity contribution in [3.63, 3.8) is 0 Å². The van der Waals surface area contributed by atoms with Crippen molar-refractivity contribution in [1.29, 1.82) is 0 Å². The standard InChI is InChI=1S/C17H24F2N2/c1-11(2)15-9-20-17(3,12-7-8-12)10-21(15)14-6-4-5-13(18)16(14)19/h4-6,11-12,15,20H,7-10H2,1-3H3. The smallest absolute Gasteiger partial charge is 0.182 e. The van der Waals surface area contributed by atoms with Crippen molar-refractivity contribution in [1.82, 2.24) is 5.32 Å². The Balaban J connectivity index is 1.95. The molecule has 2 fully saturated rings. The zero-order valence-electron chi connectivity index (χ0n) is 13.0. The number of halogens is 2. The summed E-state index contributed by atoms with van der Waals surface area (Å²) in [6.07, 6.45) is 2.46. The predicted octanol–water partition coefficient (Wildman–Crippen LogP) is 3.57. The van der Waals surface area contributed by atoms with Gasteiger partial charge in [0.1, 0.15) is 0 Å². The molecule has 1 saturated carbocycles. The molecular formula is C17H24F2N2. The van der Waals surface area contributed by atoms with E-state index in [1.54, 1.807) is 12.1 Å². The zero-order chi connectivity index (χ0) is 15.2. The molecule has 0 amide bonds. The second-order valence-electron chi connectivity index (χ2n) is 7.08. The molecule has 0 aromatic heterocycles. The van der Waals surface area contributed by atoms with Gasteiger partial charge in [0.2, 0.25) is 0 Å². The van der Waals surface area contributed by atoms with Gasteiger partial charge in [-0.25, -0.2) is 8.78 Å². The van der Waals surface area contributed by atoms with E-state index >= 15 is 0 Å². The number of rotatable bonds is 3. The maximum absolute atomic E-state index is 14.3. The average Bonchev–Trinajstić information content (AvgIpc) is 3.26. The highest BCUT2D eigenvalue weighted by Crippen LogP contribution is 2.43. The number of nitrogens with one attached hydrogen (secondary N) is 1. The summed E-state index contributed by atoms with van der Waals surface area (Å²) in [4.78, 5) is 2.08. The number of hydrogen-bond donors (Lipinski definition) is 1. The molecule has 0 spiro atoms. The maximum Gasteiger partial charge on any atom is 0.182 e. The van der Waals surface area contributed by atoms with Crippen LogP contribution in [0.5, 0.6) is 0 Å². The molecule has 4 heteroatoms. The Kier molecular flexibility index (Phi) is 3.68. The van der Waals surface area contributed by atoms with Crippen LogP contribution in [0, 0.1) is 23.5 Å². The highest BCUT2D eigenvalue weighted by Gasteiger charge is 2.47. The van der Waals surface area contributed by atoms with Crippen molar-refractivity contribution in [2.45, 2.75) is 45.2 Å². The van der Waals surface area contributed by atoms with Gasteiger partial charge in [-0.15, -0.1) is 0 Å². The molecule has 21 heavy (non-hydrogen) atoms. The molecule has 3 rings (SSSR count). The summed E-state index contributed by atoms with van der Waals surface area (Å²) in [7, 11) is 0. The van der Waals surface area contributed by atoms with Gasteiger partial charge >= 0.3 is 0 Å². The molecule has 1 aliphatic heterocycles. The lowest BCUT2D eigenvalue weighted by Gasteiger charge is -2.49. The van der Waals surface area contributed by atoms with E-state index in [1.807, 2.05) is 0 Å². The summed E-state index contributed by atoms with van der Waals surface area (Å²) in [6.45, 7) is 8.04. The average molecular weight is 294 g/mol. The minimum atomic E-state index is -0.762. The lowest BCUT2D eigenvalue weighted by atomic mass is 9.87. The second kappa shape index (κ2) is 5.24. The molecule has 0 radical (unpaired) electrons. The fourth-order valence-electron chi connectivity index (χ4n) is 3.54. The third kappa shape index (κ3) is 2.66. The maximum atomic E-state index is 14.3. The van der Waals surface area contributed by atoms with Crippen LogP contribution in [-0.4, -0.2) is 24.7 Å². The van der Waals surface area contributed by atoms with Crippen molar-refractivity contribution in [3.8, 4) is 0 Å². The summed E-state index contributed by atoms with van der Waals surface area (Å²) in [5, 5.41) is 3.66. The summed E-state index contributed by atoms with van der Waals surface area (Å²) in [5.74, 6) is -0.446. The number of benzene rings is 1. The molecule has 1 saturated heterocycles. The molecule has 2 unspecified atom stereocenters. The van der Waals surface area contributed by atoms with Crippen LogP contribution >= 0.6 is 0 Å². The number of piperazine rings is 1. The highest BCUT2D eigenvalue weighted by atomic mass is 19.2. The van der Waals surface area contributed by atoms with Gasteiger partial charge in [-0.05, 0) is 43.7 Å². The summed E-state index contributed by atoms with van der Waals surface area (Å²) < 4.78 is 27.9. The summed E-state index contributed by atoms with van der Waals surface area (Å²) in [6, 6.07) is 4.67. The van der Waals surface area contributed by atoms with E-state index in [-0.39, 0.29) is 11.6 Å². The van der Waals surface area contributed by atoms with Crippen molar-refractivity contribution in [2.24, 2.45) is 11.8 Å². The Morgan fingerprint density at radius 3 is 2.62 bits per heavy atom. The first-order chi connectivity index (χ1) is 9.92. The molecule has 2 nitrogen and oxygen atoms in total. The largest absolute Gasteiger partial charge is 0.363 e. The van der Waals surface area contributed by atoms with E-state index in [0.29, 0.717) is 17.5 Å². The second-order valence-corrected chi connectivity index (χ2v) is 7.08. The topological polar surface area (TPSA) is 15.3 Å². The normalized spacial score (nSPS) is 30.0. The SMILES string of the molecule is CC(C)C1CNC(C)(C2CC2)CN1c1cccc(F)c1F. The van der Waals surface area contributed by atoms with E-state index in [9.17, 15) is 8.78 Å². The number of hydrogen-bond acceptors (Lipinski definition) is 2. The minimum Gasteiger partial charge on any atom is -0.363 e. The summed E-state index contributed by atoms with van der Waals surface area (Å²) >= 11 is 0. The Bertz CT molecular complexity index is 528. The lowest BCUT2D eigenvalue weighted by Crippen LogP contribution is -2.65. The number of nitrogens with zero attached hydrogens (tertiary/aromatic N) is 1. The van der Waals surface area contributed by atoms with Crippen LogP contribution in [0.4, 0.5) is 14.5 Å². The van der Waals surface area contributed by atoms with Gasteiger partial charge in [0, 0.05) is 24.7 Å². The highest BCUT2D eigenvalue weighted by molar-refractivity contribution is 5.51. The molecule has 116 valence electrons. The first kappa shape index (κ1) is 14.8. The van der Waals surface area contributed by atoms with Gasteiger partial charge < -0.3 is 10.2 Å². The third-order valence-electron chi connectivity index (χ3n) is 5.10. The fourth-order valence-corrected chi connectivity index (χ4v) is 3.54. The van der Waals surface area contributed by atoms with Crippen molar-refractivity contribution < 1.29 is 8.78 Å². The van der Waals surface area contributed by atoms with Crippen LogP contribution < -0.4 is 10.2 Å². The Labute approximate surface area is 125 Å². The minimum absolute atomic E-state index is 0.00411. The van der Waals surface area contributed by atoms with Crippen LogP contribution in [0.2, 0.25) is 0 Å². The molecule has 1 heterocycles. The van der Waals surface area contributed by atoms with E-state index in [4.69, 9.17) is 0 Å².